The van der Waals surface area contributed by atoms with Gasteiger partial charge in [0.2, 0.25) is 5.91 Å². The van der Waals surface area contributed by atoms with Gasteiger partial charge in [-0.1, -0.05) is 27.6 Å². The van der Waals surface area contributed by atoms with Crippen LogP contribution in [0.25, 0.3) is 11.3 Å². The zero-order valence-electron chi connectivity index (χ0n) is 16.0. The van der Waals surface area contributed by atoms with Gasteiger partial charge in [0.1, 0.15) is 5.75 Å². The molecule has 0 radical (unpaired) electrons. The van der Waals surface area contributed by atoms with Crippen LogP contribution >= 0.6 is 27.3 Å². The van der Waals surface area contributed by atoms with Gasteiger partial charge in [-0.15, -0.1) is 11.3 Å². The van der Waals surface area contributed by atoms with Crippen molar-refractivity contribution in [1.82, 2.24) is 10.3 Å². The first kappa shape index (κ1) is 21.0. The molecular formula is C21H20BrN3O3S. The van der Waals surface area contributed by atoms with Crippen molar-refractivity contribution >= 4 is 44.2 Å². The van der Waals surface area contributed by atoms with Crippen molar-refractivity contribution < 1.29 is 14.3 Å². The zero-order valence-corrected chi connectivity index (χ0v) is 18.4. The number of rotatable bonds is 7. The molecule has 3 aromatic rings. The van der Waals surface area contributed by atoms with E-state index in [2.05, 4.69) is 31.5 Å². The summed E-state index contributed by atoms with van der Waals surface area (Å²) in [5, 5.41) is 7.90. The molecule has 1 heterocycles. The third-order valence-electron chi connectivity index (χ3n) is 4.13. The Morgan fingerprint density at radius 3 is 2.66 bits per heavy atom. The third kappa shape index (κ3) is 5.65. The number of ether oxygens (including phenoxy) is 1. The number of halogens is 1. The molecule has 2 N–H and O–H groups in total. The Kier molecular flexibility index (Phi) is 7.00. The van der Waals surface area contributed by atoms with Crippen molar-refractivity contribution in [2.75, 3.05) is 19.0 Å². The molecule has 8 heteroatoms. The van der Waals surface area contributed by atoms with E-state index in [1.54, 1.807) is 31.4 Å². The molecule has 0 unspecified atom stereocenters. The lowest BCUT2D eigenvalue weighted by atomic mass is 10.1. The summed E-state index contributed by atoms with van der Waals surface area (Å²) in [7, 11) is 1.62. The lowest BCUT2D eigenvalue weighted by Gasteiger charge is -2.07. The number of benzene rings is 2. The minimum Gasteiger partial charge on any atom is -0.496 e. The summed E-state index contributed by atoms with van der Waals surface area (Å²) in [5.41, 5.74) is 3.27. The molecule has 3 rings (SSSR count). The number of nitrogens with zero attached hydrogens (tertiary/aromatic N) is 1. The summed E-state index contributed by atoms with van der Waals surface area (Å²) in [6.45, 7) is 2.24. The van der Waals surface area contributed by atoms with Crippen molar-refractivity contribution in [2.24, 2.45) is 0 Å². The number of amides is 2. The average molecular weight is 474 g/mol. The number of carbonyl (C=O) groups excluding carboxylic acids is 2. The first-order chi connectivity index (χ1) is 14.0. The van der Waals surface area contributed by atoms with Crippen LogP contribution in [0.2, 0.25) is 0 Å². The molecule has 2 aromatic carbocycles. The number of methoxy groups -OCH3 is 1. The van der Waals surface area contributed by atoms with Gasteiger partial charge in [-0.05, 0) is 43.3 Å². The van der Waals surface area contributed by atoms with Crippen molar-refractivity contribution in [3.05, 3.63) is 63.4 Å². The van der Waals surface area contributed by atoms with E-state index in [0.717, 1.165) is 27.0 Å². The molecule has 2 amide bonds. The molecule has 6 nitrogen and oxygen atoms in total. The number of hydrogen-bond donors (Lipinski definition) is 2. The van der Waals surface area contributed by atoms with E-state index < -0.39 is 0 Å². The molecule has 150 valence electrons. The van der Waals surface area contributed by atoms with Gasteiger partial charge in [0.15, 0.2) is 5.13 Å². The summed E-state index contributed by atoms with van der Waals surface area (Å²) >= 11 is 4.67. The van der Waals surface area contributed by atoms with E-state index in [4.69, 9.17) is 4.74 Å². The van der Waals surface area contributed by atoms with Crippen molar-refractivity contribution in [3.8, 4) is 17.0 Å². The topological polar surface area (TPSA) is 80.3 Å². The Morgan fingerprint density at radius 1 is 1.17 bits per heavy atom. The lowest BCUT2D eigenvalue weighted by Crippen LogP contribution is -2.27. The number of aryl methyl sites for hydroxylation is 1. The Morgan fingerprint density at radius 2 is 1.93 bits per heavy atom. The maximum Gasteiger partial charge on any atom is 0.251 e. The molecular weight excluding hydrogens is 454 g/mol. The number of nitrogens with one attached hydrogen (secondary N) is 2. The minimum absolute atomic E-state index is 0.158. The number of thiazole rings is 1. The first-order valence-electron chi connectivity index (χ1n) is 8.90. The highest BCUT2D eigenvalue weighted by Gasteiger charge is 2.12. The highest BCUT2D eigenvalue weighted by molar-refractivity contribution is 9.10. The fourth-order valence-corrected chi connectivity index (χ4v) is 3.64. The lowest BCUT2D eigenvalue weighted by molar-refractivity contribution is -0.116. The SMILES string of the molecule is COc1ccc(C)cc1-c1csc(NC(=O)CCNC(=O)c2ccc(Br)cc2)n1. The number of carbonyl (C=O) groups is 2. The van der Waals surface area contributed by atoms with Gasteiger partial charge in [0.05, 0.1) is 12.8 Å². The second kappa shape index (κ2) is 9.67. The molecule has 0 aliphatic heterocycles. The quantitative estimate of drug-likeness (QED) is 0.523. The van der Waals surface area contributed by atoms with Crippen LogP contribution < -0.4 is 15.4 Å². The van der Waals surface area contributed by atoms with Gasteiger partial charge >= 0.3 is 0 Å². The molecule has 29 heavy (non-hydrogen) atoms. The van der Waals surface area contributed by atoms with Gasteiger partial charge in [0, 0.05) is 33.9 Å². The highest BCUT2D eigenvalue weighted by Crippen LogP contribution is 2.32. The predicted molar refractivity (Wildman–Crippen MR) is 119 cm³/mol. The first-order valence-corrected chi connectivity index (χ1v) is 10.6. The van der Waals surface area contributed by atoms with Crippen LogP contribution in [0.1, 0.15) is 22.3 Å². The van der Waals surface area contributed by atoms with Gasteiger partial charge in [-0.25, -0.2) is 4.98 Å². The summed E-state index contributed by atoms with van der Waals surface area (Å²) in [6.07, 6.45) is 0.158. The van der Waals surface area contributed by atoms with E-state index in [-0.39, 0.29) is 24.8 Å². The van der Waals surface area contributed by atoms with Crippen molar-refractivity contribution in [2.45, 2.75) is 13.3 Å². The molecule has 0 aliphatic rings. The minimum atomic E-state index is -0.214. The van der Waals surface area contributed by atoms with Crippen LogP contribution in [0.15, 0.2) is 52.3 Å². The van der Waals surface area contributed by atoms with E-state index in [0.29, 0.717) is 10.7 Å². The number of aromatic nitrogens is 1. The van der Waals surface area contributed by atoms with Gasteiger partial charge in [0.25, 0.3) is 5.91 Å². The molecule has 0 fully saturated rings. The predicted octanol–water partition coefficient (Wildman–Crippen LogP) is 4.65. The third-order valence-corrected chi connectivity index (χ3v) is 5.41. The van der Waals surface area contributed by atoms with Gasteiger partial charge in [-0.3, -0.25) is 9.59 Å². The molecule has 0 saturated carbocycles. The molecule has 0 bridgehead atoms. The monoisotopic (exact) mass is 473 g/mol. The maximum absolute atomic E-state index is 12.2. The van der Waals surface area contributed by atoms with Crippen LogP contribution in [0.3, 0.4) is 0 Å². The van der Waals surface area contributed by atoms with E-state index >= 15 is 0 Å². The van der Waals surface area contributed by atoms with Crippen molar-refractivity contribution in [3.63, 3.8) is 0 Å². The van der Waals surface area contributed by atoms with Gasteiger partial charge < -0.3 is 15.4 Å². The fraction of sp³-hybridized carbons (Fsp3) is 0.190. The molecule has 0 atom stereocenters. The molecule has 0 aliphatic carbocycles. The molecule has 0 spiro atoms. The number of hydrogen-bond acceptors (Lipinski definition) is 5. The fourth-order valence-electron chi connectivity index (χ4n) is 2.65. The average Bonchev–Trinajstić information content (AvgIpc) is 3.16. The highest BCUT2D eigenvalue weighted by atomic mass is 79.9. The standard InChI is InChI=1S/C21H20BrN3O3S/c1-13-3-8-18(28-2)16(11-13)17-12-29-21(24-17)25-19(26)9-10-23-20(27)14-4-6-15(22)7-5-14/h3-8,11-12H,9-10H2,1-2H3,(H,23,27)(H,24,25,26). The van der Waals surface area contributed by atoms with E-state index in [1.807, 2.05) is 30.5 Å². The molecule has 1 aromatic heterocycles. The Hall–Kier alpha value is -2.71. The maximum atomic E-state index is 12.2. The van der Waals surface area contributed by atoms with Crippen LogP contribution in [0, 0.1) is 6.92 Å². The summed E-state index contributed by atoms with van der Waals surface area (Å²) in [5.74, 6) is 0.307. The van der Waals surface area contributed by atoms with Gasteiger partial charge in [-0.2, -0.15) is 0 Å². The van der Waals surface area contributed by atoms with Crippen LogP contribution in [-0.4, -0.2) is 30.5 Å². The van der Waals surface area contributed by atoms with Crippen LogP contribution in [0.4, 0.5) is 5.13 Å². The van der Waals surface area contributed by atoms with E-state index in [1.165, 1.54) is 11.3 Å². The summed E-state index contributed by atoms with van der Waals surface area (Å²) < 4.78 is 6.30. The molecule has 0 saturated heterocycles. The zero-order chi connectivity index (χ0) is 20.8. The van der Waals surface area contributed by atoms with Crippen LogP contribution in [0.5, 0.6) is 5.75 Å². The summed E-state index contributed by atoms with van der Waals surface area (Å²) in [6, 6.07) is 12.9. The normalized spacial score (nSPS) is 10.4. The Labute approximate surface area is 181 Å². The summed E-state index contributed by atoms with van der Waals surface area (Å²) in [4.78, 5) is 28.7. The Balaban J connectivity index is 1.53. The van der Waals surface area contributed by atoms with Crippen molar-refractivity contribution in [1.29, 1.82) is 0 Å². The van der Waals surface area contributed by atoms with Crippen LogP contribution in [-0.2, 0) is 4.79 Å². The second-order valence-electron chi connectivity index (χ2n) is 6.30. The Bertz CT molecular complexity index is 1020. The number of anilines is 1. The second-order valence-corrected chi connectivity index (χ2v) is 8.08. The largest absolute Gasteiger partial charge is 0.496 e. The smallest absolute Gasteiger partial charge is 0.251 e. The van der Waals surface area contributed by atoms with E-state index in [9.17, 15) is 9.59 Å².